The Morgan fingerprint density at radius 2 is 1.89 bits per heavy atom. The van der Waals surface area contributed by atoms with Crippen LogP contribution in [0.25, 0.3) is 5.70 Å². The number of hydrogen-bond acceptors (Lipinski definition) is 5. The average molecular weight is 366 g/mol. The maximum Gasteiger partial charge on any atom is 0.335 e. The van der Waals surface area contributed by atoms with E-state index in [-0.39, 0.29) is 33.6 Å². The van der Waals surface area contributed by atoms with Gasteiger partial charge in [-0.1, -0.05) is 6.58 Å². The summed E-state index contributed by atoms with van der Waals surface area (Å²) in [6.45, 7) is 3.38. The molecule has 134 valence electrons. The Hall–Kier alpha value is -4.01. The second kappa shape index (κ2) is 7.91. The van der Waals surface area contributed by atoms with Crippen LogP contribution in [0, 0.1) is 34.3 Å². The van der Waals surface area contributed by atoms with Crippen LogP contribution in [0.4, 0.5) is 14.5 Å². The third-order valence-corrected chi connectivity index (χ3v) is 3.52. The molecule has 0 atom stereocenters. The van der Waals surface area contributed by atoms with Crippen molar-refractivity contribution in [3.8, 4) is 12.1 Å². The van der Waals surface area contributed by atoms with E-state index in [1.807, 2.05) is 0 Å². The number of carboxylic acid groups (broad SMARTS) is 1. The lowest BCUT2D eigenvalue weighted by Crippen LogP contribution is -2.29. The Balaban J connectivity index is 2.66. The Morgan fingerprint density at radius 3 is 2.48 bits per heavy atom. The molecule has 3 N–H and O–H groups in total. The number of rotatable bonds is 5. The Kier molecular flexibility index (Phi) is 5.66. The number of carboxylic acids is 1. The van der Waals surface area contributed by atoms with E-state index in [1.165, 1.54) is 12.1 Å². The molecule has 6 nitrogen and oxygen atoms in total. The number of halogens is 2. The van der Waals surface area contributed by atoms with Crippen LogP contribution in [0.15, 0.2) is 54.6 Å². The SMILES string of the molecule is C=C(/C=C(/c1cc(F)cc(C#N)c1)N(N)c1ccc(F)c(C#N)c1)C(=O)O. The molecule has 2 aromatic carbocycles. The second-order valence-electron chi connectivity index (χ2n) is 5.35. The molecule has 0 saturated carbocycles. The lowest BCUT2D eigenvalue weighted by Gasteiger charge is -2.23. The first-order valence-electron chi connectivity index (χ1n) is 7.36. The maximum absolute atomic E-state index is 13.8. The summed E-state index contributed by atoms with van der Waals surface area (Å²) in [5, 5.41) is 28.0. The van der Waals surface area contributed by atoms with Gasteiger partial charge < -0.3 is 5.11 Å². The number of carbonyl (C=O) groups is 1. The number of nitrogens with zero attached hydrogens (tertiary/aromatic N) is 3. The van der Waals surface area contributed by atoms with Gasteiger partial charge in [0.15, 0.2) is 0 Å². The largest absolute Gasteiger partial charge is 0.478 e. The molecule has 0 aliphatic heterocycles. The molecule has 0 unspecified atom stereocenters. The molecule has 0 saturated heterocycles. The van der Waals surface area contributed by atoms with Gasteiger partial charge >= 0.3 is 5.97 Å². The maximum atomic E-state index is 13.8. The van der Waals surface area contributed by atoms with Gasteiger partial charge in [0, 0.05) is 5.56 Å². The molecule has 0 aromatic heterocycles. The van der Waals surface area contributed by atoms with Crippen molar-refractivity contribution in [1.82, 2.24) is 0 Å². The van der Waals surface area contributed by atoms with E-state index in [0.29, 0.717) is 0 Å². The van der Waals surface area contributed by atoms with Crippen molar-refractivity contribution >= 4 is 17.4 Å². The molecular weight excluding hydrogens is 354 g/mol. The van der Waals surface area contributed by atoms with Gasteiger partial charge in [-0.25, -0.2) is 19.4 Å². The summed E-state index contributed by atoms with van der Waals surface area (Å²) in [7, 11) is 0. The van der Waals surface area contributed by atoms with E-state index in [4.69, 9.17) is 21.5 Å². The summed E-state index contributed by atoms with van der Waals surface area (Å²) in [5.74, 6) is 3.20. The van der Waals surface area contributed by atoms with Crippen LogP contribution >= 0.6 is 0 Å². The number of hydrazine groups is 1. The summed E-state index contributed by atoms with van der Waals surface area (Å²) >= 11 is 0. The molecule has 0 amide bonds. The van der Waals surface area contributed by atoms with E-state index in [1.54, 1.807) is 12.1 Å². The molecule has 8 heteroatoms. The Morgan fingerprint density at radius 1 is 1.19 bits per heavy atom. The van der Waals surface area contributed by atoms with Crippen molar-refractivity contribution in [3.63, 3.8) is 0 Å². The van der Waals surface area contributed by atoms with E-state index < -0.39 is 17.6 Å². The van der Waals surface area contributed by atoms with Gasteiger partial charge in [0.2, 0.25) is 0 Å². The quantitative estimate of drug-likeness (QED) is 0.364. The summed E-state index contributed by atoms with van der Waals surface area (Å²) in [6.07, 6.45) is 1.08. The highest BCUT2D eigenvalue weighted by molar-refractivity contribution is 5.93. The van der Waals surface area contributed by atoms with E-state index in [0.717, 1.165) is 35.4 Å². The van der Waals surface area contributed by atoms with Crippen molar-refractivity contribution in [2.24, 2.45) is 5.84 Å². The third-order valence-electron chi connectivity index (χ3n) is 3.52. The predicted octanol–water partition coefficient (Wildman–Crippen LogP) is 3.07. The lowest BCUT2D eigenvalue weighted by molar-refractivity contribution is -0.132. The molecule has 0 spiro atoms. The van der Waals surface area contributed by atoms with Crippen LogP contribution in [0.1, 0.15) is 16.7 Å². The zero-order valence-corrected chi connectivity index (χ0v) is 13.8. The van der Waals surface area contributed by atoms with Crippen LogP contribution in [0.5, 0.6) is 0 Å². The van der Waals surface area contributed by atoms with Crippen molar-refractivity contribution in [2.45, 2.75) is 0 Å². The first kappa shape index (κ1) is 19.3. The molecular formula is C19H12F2N4O2. The number of hydrogen-bond donors (Lipinski definition) is 2. The standard InChI is InChI=1S/C19H12F2N4O2/c1-11(19(26)27)4-18(13-5-12(9-22)6-15(20)7-13)25(24)16-2-3-17(21)14(8-16)10-23/h2-8H,1,24H2,(H,26,27)/b18-4-. The zero-order chi connectivity index (χ0) is 20.1. The van der Waals surface area contributed by atoms with E-state index in [2.05, 4.69) is 6.58 Å². The molecule has 0 radical (unpaired) electrons. The number of aliphatic carboxylic acids is 1. The molecule has 27 heavy (non-hydrogen) atoms. The van der Waals surface area contributed by atoms with Crippen molar-refractivity contribution in [1.29, 1.82) is 10.5 Å². The van der Waals surface area contributed by atoms with Gasteiger partial charge in [-0.3, -0.25) is 5.01 Å². The van der Waals surface area contributed by atoms with Gasteiger partial charge in [-0.2, -0.15) is 10.5 Å². The van der Waals surface area contributed by atoms with Crippen LogP contribution in [-0.4, -0.2) is 11.1 Å². The highest BCUT2D eigenvalue weighted by Gasteiger charge is 2.16. The summed E-state index contributed by atoms with van der Waals surface area (Å²) in [5.41, 5.74) is -0.433. The molecule has 0 bridgehead atoms. The normalized spacial score (nSPS) is 10.6. The van der Waals surface area contributed by atoms with Gasteiger partial charge in [-0.15, -0.1) is 0 Å². The first-order chi connectivity index (χ1) is 12.8. The fraction of sp³-hybridized carbons (Fsp3) is 0. The lowest BCUT2D eigenvalue weighted by atomic mass is 10.0. The number of benzene rings is 2. The minimum Gasteiger partial charge on any atom is -0.478 e. The predicted molar refractivity (Wildman–Crippen MR) is 93.6 cm³/mol. The Bertz CT molecular complexity index is 1050. The fourth-order valence-corrected chi connectivity index (χ4v) is 2.21. The summed E-state index contributed by atoms with van der Waals surface area (Å²) in [6, 6.07) is 10.2. The minimum atomic E-state index is -1.34. The first-order valence-corrected chi connectivity index (χ1v) is 7.36. The summed E-state index contributed by atoms with van der Waals surface area (Å²) in [4.78, 5) is 11.1. The number of anilines is 1. The molecule has 2 aromatic rings. The van der Waals surface area contributed by atoms with Crippen LogP contribution < -0.4 is 10.9 Å². The van der Waals surface area contributed by atoms with Gasteiger partial charge in [0.05, 0.1) is 34.2 Å². The van der Waals surface area contributed by atoms with Gasteiger partial charge in [0.25, 0.3) is 0 Å². The van der Waals surface area contributed by atoms with E-state index in [9.17, 15) is 13.6 Å². The molecule has 0 heterocycles. The topological polar surface area (TPSA) is 114 Å². The highest BCUT2D eigenvalue weighted by Crippen LogP contribution is 2.27. The third kappa shape index (κ3) is 4.34. The average Bonchev–Trinajstić information content (AvgIpc) is 2.64. The highest BCUT2D eigenvalue weighted by atomic mass is 19.1. The van der Waals surface area contributed by atoms with Crippen molar-refractivity contribution in [2.75, 3.05) is 5.01 Å². The molecule has 0 fully saturated rings. The molecule has 2 rings (SSSR count). The molecule has 0 aliphatic carbocycles. The van der Waals surface area contributed by atoms with E-state index >= 15 is 0 Å². The molecule has 0 aliphatic rings. The van der Waals surface area contributed by atoms with Crippen LogP contribution in [0.3, 0.4) is 0 Å². The number of nitrogens with two attached hydrogens (primary N) is 1. The summed E-state index contributed by atoms with van der Waals surface area (Å²) < 4.78 is 27.4. The van der Waals surface area contributed by atoms with Gasteiger partial charge in [0.1, 0.15) is 17.7 Å². The van der Waals surface area contributed by atoms with Crippen molar-refractivity contribution in [3.05, 3.63) is 83.0 Å². The minimum absolute atomic E-state index is 0.0120. The van der Waals surface area contributed by atoms with Gasteiger partial charge in [-0.05, 0) is 42.5 Å². The zero-order valence-electron chi connectivity index (χ0n) is 13.8. The van der Waals surface area contributed by atoms with Crippen molar-refractivity contribution < 1.29 is 18.7 Å². The van der Waals surface area contributed by atoms with Crippen LogP contribution in [-0.2, 0) is 4.79 Å². The number of nitriles is 2. The Labute approximate surface area is 153 Å². The smallest absolute Gasteiger partial charge is 0.335 e. The monoisotopic (exact) mass is 366 g/mol. The van der Waals surface area contributed by atoms with Crippen LogP contribution in [0.2, 0.25) is 0 Å². The fourth-order valence-electron chi connectivity index (χ4n) is 2.21. The second-order valence-corrected chi connectivity index (χ2v) is 5.35.